The molecule has 0 spiro atoms. The van der Waals surface area contributed by atoms with E-state index in [4.69, 9.17) is 22.0 Å². The lowest BCUT2D eigenvalue weighted by atomic mass is 10.1. The van der Waals surface area contributed by atoms with Crippen molar-refractivity contribution >= 4 is 11.8 Å². The fourth-order valence-electron chi connectivity index (χ4n) is 3.18. The Kier molecular flexibility index (Phi) is 5.78. The number of hydrogen-bond acceptors (Lipinski definition) is 5. The lowest BCUT2D eigenvalue weighted by molar-refractivity contribution is -0.133. The molecule has 146 valence electrons. The zero-order valence-electron chi connectivity index (χ0n) is 15.6. The number of aliphatic hydroxyl groups is 1. The minimum absolute atomic E-state index is 0.148. The molecule has 28 heavy (non-hydrogen) atoms. The van der Waals surface area contributed by atoms with Crippen LogP contribution >= 0.6 is 0 Å². The number of hydrogen-bond donors (Lipinski definition) is 2. The van der Waals surface area contributed by atoms with Gasteiger partial charge >= 0.3 is 0 Å². The summed E-state index contributed by atoms with van der Waals surface area (Å²) in [5.41, 5.74) is 8.58. The second-order valence-corrected chi connectivity index (χ2v) is 6.59. The van der Waals surface area contributed by atoms with Crippen LogP contribution in [0.4, 0.5) is 0 Å². The van der Waals surface area contributed by atoms with Gasteiger partial charge in [0.25, 0.3) is 11.8 Å². The summed E-state index contributed by atoms with van der Waals surface area (Å²) in [7, 11) is 1.69. The van der Waals surface area contributed by atoms with Crippen molar-refractivity contribution in [3.63, 3.8) is 0 Å². The van der Waals surface area contributed by atoms with Crippen molar-refractivity contribution in [2.75, 3.05) is 20.2 Å². The minimum atomic E-state index is -0.722. The number of nitrogens with two attached hydrogens (primary N) is 1. The lowest BCUT2D eigenvalue weighted by Gasteiger charge is -2.17. The number of amides is 2. The van der Waals surface area contributed by atoms with E-state index in [2.05, 4.69) is 10.9 Å². The van der Waals surface area contributed by atoms with E-state index >= 15 is 0 Å². The zero-order chi connectivity index (χ0) is 20.3. The van der Waals surface area contributed by atoms with Crippen LogP contribution in [0.1, 0.15) is 28.3 Å². The maximum Gasteiger partial charge on any atom is 0.284 e. The van der Waals surface area contributed by atoms with Crippen molar-refractivity contribution in [2.24, 2.45) is 5.73 Å². The van der Waals surface area contributed by atoms with E-state index in [1.165, 1.54) is 4.90 Å². The Hall–Kier alpha value is -3.15. The van der Waals surface area contributed by atoms with Crippen LogP contribution in [0.5, 0.6) is 0 Å². The van der Waals surface area contributed by atoms with E-state index in [0.717, 1.165) is 16.8 Å². The highest BCUT2D eigenvalue weighted by Gasteiger charge is 2.26. The zero-order valence-corrected chi connectivity index (χ0v) is 15.6. The number of imidazole rings is 1. The van der Waals surface area contributed by atoms with Crippen LogP contribution in [0, 0.1) is 12.3 Å². The quantitative estimate of drug-likeness (QED) is 0.729. The number of likely N-dealkylation sites (tertiary alicyclic amines) is 1. The number of carbonyl (C=O) groups excluding carboxylic acids is 2. The number of aromatic nitrogens is 2. The van der Waals surface area contributed by atoms with E-state index in [1.807, 2.05) is 28.8 Å². The van der Waals surface area contributed by atoms with Gasteiger partial charge in [-0.2, -0.15) is 0 Å². The first kappa shape index (κ1) is 19.6. The number of carbonyl (C=O) groups is 2. The van der Waals surface area contributed by atoms with Crippen LogP contribution in [-0.2, 0) is 22.7 Å². The molecule has 1 saturated heterocycles. The molecule has 2 amide bonds. The van der Waals surface area contributed by atoms with Crippen LogP contribution < -0.4 is 5.73 Å². The van der Waals surface area contributed by atoms with Crippen LogP contribution in [0.2, 0.25) is 0 Å². The van der Waals surface area contributed by atoms with Crippen LogP contribution in [0.25, 0.3) is 11.3 Å². The third-order valence-corrected chi connectivity index (χ3v) is 4.69. The molecule has 8 nitrogen and oxygen atoms in total. The summed E-state index contributed by atoms with van der Waals surface area (Å²) in [6.07, 6.45) is 5.28. The number of fused-ring (bicyclic) bond motifs is 1. The van der Waals surface area contributed by atoms with Crippen molar-refractivity contribution in [3.8, 4) is 23.6 Å². The highest BCUT2D eigenvalue weighted by atomic mass is 16.5. The molecule has 0 radical (unpaired) electrons. The Morgan fingerprint density at radius 3 is 2.79 bits per heavy atom. The van der Waals surface area contributed by atoms with E-state index in [-0.39, 0.29) is 11.7 Å². The van der Waals surface area contributed by atoms with Crippen LogP contribution in [0.3, 0.4) is 0 Å². The lowest BCUT2D eigenvalue weighted by Crippen LogP contribution is -2.24. The molecule has 4 rings (SSSR count). The van der Waals surface area contributed by atoms with Crippen molar-refractivity contribution in [3.05, 3.63) is 41.3 Å². The molecule has 2 aliphatic rings. The van der Waals surface area contributed by atoms with Gasteiger partial charge in [-0.3, -0.25) is 9.59 Å². The number of rotatable bonds is 2. The molecule has 2 aliphatic heterocycles. The van der Waals surface area contributed by atoms with Gasteiger partial charge in [-0.05, 0) is 18.6 Å². The van der Waals surface area contributed by atoms with E-state index in [9.17, 15) is 9.59 Å². The molecule has 1 unspecified atom stereocenters. The second-order valence-electron chi connectivity index (χ2n) is 6.59. The highest BCUT2D eigenvalue weighted by Crippen LogP contribution is 2.27. The Bertz CT molecular complexity index is 932. The SMILES string of the molecule is C#Cc1cccc(-c2nc(C(N)=O)n3c2COCC3)c1.CN1CCC(O)C1=O. The molecule has 0 saturated carbocycles. The smallest absolute Gasteiger partial charge is 0.284 e. The maximum atomic E-state index is 11.5. The van der Waals surface area contributed by atoms with Gasteiger partial charge in [-0.25, -0.2) is 4.98 Å². The number of ether oxygens (including phenoxy) is 1. The molecule has 3 heterocycles. The van der Waals surface area contributed by atoms with Crippen molar-refractivity contribution in [2.45, 2.75) is 25.7 Å². The number of nitrogens with zero attached hydrogens (tertiary/aromatic N) is 3. The summed E-state index contributed by atoms with van der Waals surface area (Å²) in [5.74, 6) is 2.17. The summed E-state index contributed by atoms with van der Waals surface area (Å²) < 4.78 is 7.28. The van der Waals surface area contributed by atoms with Crippen molar-refractivity contribution in [1.29, 1.82) is 0 Å². The molecule has 0 aliphatic carbocycles. The Labute approximate surface area is 162 Å². The summed E-state index contributed by atoms with van der Waals surface area (Å²) in [4.78, 5) is 28.0. The summed E-state index contributed by atoms with van der Waals surface area (Å²) in [6, 6.07) is 7.48. The third kappa shape index (κ3) is 3.91. The number of aliphatic hydroxyl groups excluding tert-OH is 1. The van der Waals surface area contributed by atoms with E-state index in [1.54, 1.807) is 7.05 Å². The van der Waals surface area contributed by atoms with Gasteiger partial charge in [-0.1, -0.05) is 18.1 Å². The van der Waals surface area contributed by atoms with E-state index in [0.29, 0.717) is 38.4 Å². The molecule has 3 N–H and O–H groups in total. The van der Waals surface area contributed by atoms with Gasteiger partial charge in [0.15, 0.2) is 5.82 Å². The Morgan fingerprint density at radius 2 is 2.21 bits per heavy atom. The predicted molar refractivity (Wildman–Crippen MR) is 102 cm³/mol. The molecular weight excluding hydrogens is 360 g/mol. The molecule has 1 aromatic heterocycles. The van der Waals surface area contributed by atoms with Gasteiger partial charge < -0.3 is 25.0 Å². The van der Waals surface area contributed by atoms with Crippen molar-refractivity contribution < 1.29 is 19.4 Å². The maximum absolute atomic E-state index is 11.5. The fraction of sp³-hybridized carbons (Fsp3) is 0.350. The second kappa shape index (κ2) is 8.25. The molecule has 8 heteroatoms. The average molecular weight is 382 g/mol. The topological polar surface area (TPSA) is 111 Å². The van der Waals surface area contributed by atoms with Gasteiger partial charge in [0, 0.05) is 31.3 Å². The molecule has 1 aromatic carbocycles. The Morgan fingerprint density at radius 1 is 1.43 bits per heavy atom. The monoisotopic (exact) mass is 382 g/mol. The van der Waals surface area contributed by atoms with Gasteiger partial charge in [0.1, 0.15) is 6.10 Å². The molecule has 1 atom stereocenters. The summed E-state index contributed by atoms with van der Waals surface area (Å²) in [5, 5.41) is 8.78. The standard InChI is InChI=1S/C15H13N3O2.C5H9NO2/c1-2-10-4-3-5-11(8-10)13-12-9-20-7-6-18(12)15(17-13)14(16)19;1-6-3-2-4(7)5(6)8/h1,3-5,8H,6-7,9H2,(H2,16,19);4,7H,2-3H2,1H3. The molecule has 0 bridgehead atoms. The third-order valence-electron chi connectivity index (χ3n) is 4.69. The molecular formula is C20H22N4O4. The fourth-order valence-corrected chi connectivity index (χ4v) is 3.18. The highest BCUT2D eigenvalue weighted by molar-refractivity contribution is 5.90. The predicted octanol–water partition coefficient (Wildman–Crippen LogP) is 0.370. The number of primary amides is 1. The van der Waals surface area contributed by atoms with Crippen molar-refractivity contribution in [1.82, 2.24) is 14.5 Å². The normalized spacial score (nSPS) is 18.1. The summed E-state index contributed by atoms with van der Waals surface area (Å²) in [6.45, 7) is 2.23. The average Bonchev–Trinajstić information content (AvgIpc) is 3.24. The molecule has 2 aromatic rings. The number of likely N-dealkylation sites (N-methyl/N-ethyl adjacent to an activating group) is 1. The van der Waals surface area contributed by atoms with Crippen LogP contribution in [0.15, 0.2) is 24.3 Å². The number of terminal acetylenes is 1. The first-order valence-corrected chi connectivity index (χ1v) is 8.89. The van der Waals surface area contributed by atoms with Crippen LogP contribution in [-0.4, -0.2) is 57.7 Å². The van der Waals surface area contributed by atoms with Gasteiger partial charge in [0.05, 0.1) is 24.6 Å². The molecule has 1 fully saturated rings. The first-order valence-electron chi connectivity index (χ1n) is 8.89. The summed E-state index contributed by atoms with van der Waals surface area (Å²) >= 11 is 0. The Balaban J connectivity index is 0.000000236. The largest absolute Gasteiger partial charge is 0.383 e. The minimum Gasteiger partial charge on any atom is -0.383 e. The van der Waals surface area contributed by atoms with E-state index < -0.39 is 12.0 Å². The van der Waals surface area contributed by atoms with Gasteiger partial charge in [0.2, 0.25) is 0 Å². The van der Waals surface area contributed by atoms with Gasteiger partial charge in [-0.15, -0.1) is 6.42 Å². The number of benzene rings is 1. The first-order chi connectivity index (χ1) is 13.4.